The van der Waals surface area contributed by atoms with E-state index in [0.29, 0.717) is 5.41 Å². The number of hydrogen-bond donors (Lipinski definition) is 1. The van der Waals surface area contributed by atoms with Crippen molar-refractivity contribution in [3.8, 4) is 0 Å². The number of hydrogen-bond acceptors (Lipinski definition) is 2. The van der Waals surface area contributed by atoms with Crippen LogP contribution in [0.25, 0.3) is 0 Å². The number of pyridine rings is 1. The minimum Gasteiger partial charge on any atom is -0.330 e. The number of nitrogens with zero attached hydrogens (tertiary/aromatic N) is 1. The molecule has 0 spiro atoms. The Morgan fingerprint density at radius 2 is 2.25 bits per heavy atom. The molecule has 0 radical (unpaired) electrons. The van der Waals surface area contributed by atoms with E-state index in [4.69, 9.17) is 5.73 Å². The first-order valence-corrected chi connectivity index (χ1v) is 4.49. The van der Waals surface area contributed by atoms with Gasteiger partial charge in [-0.3, -0.25) is 4.98 Å². The maximum Gasteiger partial charge on any atom is 0.0465 e. The molecular formula is C10H14N2. The van der Waals surface area contributed by atoms with Crippen LogP contribution in [0.1, 0.15) is 25.0 Å². The van der Waals surface area contributed by atoms with E-state index in [1.165, 1.54) is 18.5 Å². The Hall–Kier alpha value is -0.890. The summed E-state index contributed by atoms with van der Waals surface area (Å²) >= 11 is 0. The van der Waals surface area contributed by atoms with Crippen LogP contribution in [0.4, 0.5) is 0 Å². The van der Waals surface area contributed by atoms with Crippen molar-refractivity contribution in [3.05, 3.63) is 30.1 Å². The van der Waals surface area contributed by atoms with Crippen LogP contribution >= 0.6 is 0 Å². The molecule has 0 atom stereocenters. The fourth-order valence-corrected chi connectivity index (χ4v) is 1.74. The lowest BCUT2D eigenvalue weighted by molar-refractivity contribution is 0.610. The van der Waals surface area contributed by atoms with Crippen LogP contribution in [0, 0.1) is 0 Å². The average Bonchev–Trinajstić information content (AvgIpc) is 2.88. The Labute approximate surface area is 72.8 Å². The molecule has 1 saturated carbocycles. The molecular weight excluding hydrogens is 148 g/mol. The highest BCUT2D eigenvalue weighted by molar-refractivity contribution is 5.24. The Balaban J connectivity index is 2.19. The van der Waals surface area contributed by atoms with Gasteiger partial charge in [-0.1, -0.05) is 6.07 Å². The normalized spacial score (nSPS) is 19.1. The summed E-state index contributed by atoms with van der Waals surface area (Å²) < 4.78 is 0. The predicted octanol–water partition coefficient (Wildman–Crippen LogP) is 1.46. The molecule has 0 bridgehead atoms. The van der Waals surface area contributed by atoms with Gasteiger partial charge in [-0.15, -0.1) is 0 Å². The van der Waals surface area contributed by atoms with Crippen molar-refractivity contribution in [2.45, 2.75) is 24.7 Å². The molecule has 2 nitrogen and oxygen atoms in total. The van der Waals surface area contributed by atoms with E-state index in [2.05, 4.69) is 17.1 Å². The number of aromatic nitrogens is 1. The van der Waals surface area contributed by atoms with Gasteiger partial charge in [0.15, 0.2) is 0 Å². The smallest absolute Gasteiger partial charge is 0.0465 e. The van der Waals surface area contributed by atoms with Gasteiger partial charge < -0.3 is 5.73 Å². The summed E-state index contributed by atoms with van der Waals surface area (Å²) in [5.41, 5.74) is 7.15. The van der Waals surface area contributed by atoms with Gasteiger partial charge >= 0.3 is 0 Å². The molecule has 0 saturated heterocycles. The minimum absolute atomic E-state index is 0.357. The molecule has 1 aromatic heterocycles. The first-order chi connectivity index (χ1) is 5.87. The molecule has 2 heteroatoms. The Kier molecular flexibility index (Phi) is 1.85. The standard InChI is InChI=1S/C10H14N2/c11-7-6-10(4-5-10)9-3-1-2-8-12-9/h1-3,8H,4-7,11H2. The Bertz CT molecular complexity index is 252. The monoisotopic (exact) mass is 162 g/mol. The molecule has 64 valence electrons. The molecule has 0 amide bonds. The maximum absolute atomic E-state index is 5.56. The minimum atomic E-state index is 0.357. The van der Waals surface area contributed by atoms with Gasteiger partial charge in [0.05, 0.1) is 0 Å². The third-order valence-corrected chi connectivity index (χ3v) is 2.68. The van der Waals surface area contributed by atoms with Gasteiger partial charge in [-0.05, 0) is 37.9 Å². The summed E-state index contributed by atoms with van der Waals surface area (Å²) in [5.74, 6) is 0. The molecule has 1 aliphatic rings. The Morgan fingerprint density at radius 1 is 1.42 bits per heavy atom. The largest absolute Gasteiger partial charge is 0.330 e. The summed E-state index contributed by atoms with van der Waals surface area (Å²) in [6.45, 7) is 0.774. The van der Waals surface area contributed by atoms with Crippen molar-refractivity contribution in [3.63, 3.8) is 0 Å². The highest BCUT2D eigenvalue weighted by atomic mass is 14.7. The van der Waals surface area contributed by atoms with Gasteiger partial charge in [-0.2, -0.15) is 0 Å². The average molecular weight is 162 g/mol. The van der Waals surface area contributed by atoms with E-state index in [-0.39, 0.29) is 0 Å². The number of rotatable bonds is 3. The molecule has 0 aromatic carbocycles. The number of nitrogens with two attached hydrogens (primary N) is 1. The van der Waals surface area contributed by atoms with E-state index in [9.17, 15) is 0 Å². The van der Waals surface area contributed by atoms with Crippen LogP contribution in [-0.2, 0) is 5.41 Å². The van der Waals surface area contributed by atoms with Crippen LogP contribution in [0.3, 0.4) is 0 Å². The second kappa shape index (κ2) is 2.87. The zero-order chi connectivity index (χ0) is 8.44. The predicted molar refractivity (Wildman–Crippen MR) is 48.8 cm³/mol. The zero-order valence-corrected chi connectivity index (χ0v) is 7.16. The van der Waals surface area contributed by atoms with Gasteiger partial charge in [0.25, 0.3) is 0 Å². The molecule has 0 unspecified atom stereocenters. The fourth-order valence-electron chi connectivity index (χ4n) is 1.74. The molecule has 0 aliphatic heterocycles. The lowest BCUT2D eigenvalue weighted by atomic mass is 9.98. The summed E-state index contributed by atoms with van der Waals surface area (Å²) in [6, 6.07) is 6.13. The molecule has 2 rings (SSSR count). The first-order valence-electron chi connectivity index (χ1n) is 4.49. The molecule has 1 fully saturated rings. The van der Waals surface area contributed by atoms with Gasteiger partial charge in [-0.25, -0.2) is 0 Å². The quantitative estimate of drug-likeness (QED) is 0.730. The van der Waals surface area contributed by atoms with E-state index in [1.807, 2.05) is 12.3 Å². The van der Waals surface area contributed by atoms with Gasteiger partial charge in [0, 0.05) is 17.3 Å². The van der Waals surface area contributed by atoms with Gasteiger partial charge in [0.2, 0.25) is 0 Å². The van der Waals surface area contributed by atoms with Crippen LogP contribution in [0.2, 0.25) is 0 Å². The third kappa shape index (κ3) is 1.23. The highest BCUT2D eigenvalue weighted by Crippen LogP contribution is 2.49. The molecule has 1 heterocycles. The molecule has 12 heavy (non-hydrogen) atoms. The summed E-state index contributed by atoms with van der Waals surface area (Å²) in [6.07, 6.45) is 5.48. The van der Waals surface area contributed by atoms with Crippen molar-refractivity contribution in [2.75, 3.05) is 6.54 Å². The van der Waals surface area contributed by atoms with Crippen LogP contribution < -0.4 is 5.73 Å². The van der Waals surface area contributed by atoms with E-state index in [1.54, 1.807) is 0 Å². The van der Waals surface area contributed by atoms with Crippen LogP contribution in [-0.4, -0.2) is 11.5 Å². The molecule has 2 N–H and O–H groups in total. The second-order valence-electron chi connectivity index (χ2n) is 3.53. The van der Waals surface area contributed by atoms with Crippen molar-refractivity contribution in [1.82, 2.24) is 4.98 Å². The fraction of sp³-hybridized carbons (Fsp3) is 0.500. The lowest BCUT2D eigenvalue weighted by Gasteiger charge is -2.11. The van der Waals surface area contributed by atoms with E-state index in [0.717, 1.165) is 13.0 Å². The summed E-state index contributed by atoms with van der Waals surface area (Å²) in [7, 11) is 0. The summed E-state index contributed by atoms with van der Waals surface area (Å²) in [5, 5.41) is 0. The van der Waals surface area contributed by atoms with Crippen LogP contribution in [0.5, 0.6) is 0 Å². The van der Waals surface area contributed by atoms with Gasteiger partial charge in [0.1, 0.15) is 0 Å². The Morgan fingerprint density at radius 3 is 2.75 bits per heavy atom. The molecule has 1 aliphatic carbocycles. The van der Waals surface area contributed by atoms with Crippen molar-refractivity contribution < 1.29 is 0 Å². The second-order valence-corrected chi connectivity index (χ2v) is 3.53. The SMILES string of the molecule is NCCC1(c2ccccn2)CC1. The molecule has 1 aromatic rings. The van der Waals surface area contributed by atoms with Crippen LogP contribution in [0.15, 0.2) is 24.4 Å². The lowest BCUT2D eigenvalue weighted by Crippen LogP contribution is -2.14. The van der Waals surface area contributed by atoms with Crippen molar-refractivity contribution in [1.29, 1.82) is 0 Å². The highest BCUT2D eigenvalue weighted by Gasteiger charge is 2.44. The topological polar surface area (TPSA) is 38.9 Å². The van der Waals surface area contributed by atoms with Crippen molar-refractivity contribution in [2.24, 2.45) is 5.73 Å². The third-order valence-electron chi connectivity index (χ3n) is 2.68. The van der Waals surface area contributed by atoms with E-state index >= 15 is 0 Å². The zero-order valence-electron chi connectivity index (χ0n) is 7.16. The first kappa shape index (κ1) is 7.74. The maximum atomic E-state index is 5.56. The van der Waals surface area contributed by atoms with E-state index < -0.39 is 0 Å². The van der Waals surface area contributed by atoms with Crippen molar-refractivity contribution >= 4 is 0 Å². The summed E-state index contributed by atoms with van der Waals surface area (Å²) in [4.78, 5) is 4.38.